The van der Waals surface area contributed by atoms with Gasteiger partial charge < -0.3 is 14.0 Å². The van der Waals surface area contributed by atoms with E-state index in [4.69, 9.17) is 14.0 Å². The number of nitrogens with zero attached hydrogens (tertiary/aromatic N) is 1. The first-order chi connectivity index (χ1) is 17.8. The summed E-state index contributed by atoms with van der Waals surface area (Å²) in [5.41, 5.74) is 5.55. The van der Waals surface area contributed by atoms with Gasteiger partial charge in [0.2, 0.25) is 0 Å². The molecule has 0 saturated heterocycles. The molecule has 0 aliphatic carbocycles. The Morgan fingerprint density at radius 2 is 1.65 bits per heavy atom. The molecule has 3 aromatic carbocycles. The van der Waals surface area contributed by atoms with Crippen LogP contribution in [0.3, 0.4) is 0 Å². The van der Waals surface area contributed by atoms with E-state index in [1.807, 2.05) is 79.7 Å². The van der Waals surface area contributed by atoms with Gasteiger partial charge in [0.1, 0.15) is 17.5 Å². The van der Waals surface area contributed by atoms with Crippen molar-refractivity contribution in [3.8, 4) is 22.5 Å². The second kappa shape index (κ2) is 11.9. The minimum Gasteiger partial charge on any atom is -0.466 e. The first-order valence-corrected chi connectivity index (χ1v) is 12.7. The number of aromatic nitrogens is 1. The second-order valence-electron chi connectivity index (χ2n) is 8.46. The summed E-state index contributed by atoms with van der Waals surface area (Å²) in [5, 5.41) is 6.82. The number of nitrogens with one attached hydrogen (secondary N) is 1. The topological polar surface area (TPSA) is 90.7 Å². The fraction of sp³-hybridized carbons (Fsp3) is 0.207. The summed E-state index contributed by atoms with van der Waals surface area (Å²) < 4.78 is 17.0. The van der Waals surface area contributed by atoms with E-state index in [9.17, 15) is 9.59 Å². The zero-order valence-corrected chi connectivity index (χ0v) is 22.4. The van der Waals surface area contributed by atoms with Gasteiger partial charge in [-0.1, -0.05) is 81.8 Å². The van der Waals surface area contributed by atoms with E-state index in [0.29, 0.717) is 23.7 Å². The molecular formula is C29H27BrN2O5. The average Bonchev–Trinajstić information content (AvgIpc) is 3.24. The summed E-state index contributed by atoms with van der Waals surface area (Å²) in [6.45, 7) is 5.73. The number of amides is 1. The Bertz CT molecular complexity index is 1380. The minimum absolute atomic E-state index is 0.238. The summed E-state index contributed by atoms with van der Waals surface area (Å²) in [5.74, 6) is 0.207. The lowest BCUT2D eigenvalue weighted by molar-refractivity contribution is -0.142. The van der Waals surface area contributed by atoms with Crippen LogP contribution in [0.5, 0.6) is 0 Å². The second-order valence-corrected chi connectivity index (χ2v) is 9.37. The van der Waals surface area contributed by atoms with Crippen molar-refractivity contribution in [1.82, 2.24) is 5.16 Å². The van der Waals surface area contributed by atoms with Crippen molar-refractivity contribution in [2.24, 2.45) is 0 Å². The standard InChI is InChI=1S/C29H27BrN2O5/c1-4-35-26(33)16-20-8-10-21(11-9-20)22-12-14-23(15-13-22)28-27(18(2)32-37-28)31-29(34)36-19(3)24-6-5-7-25(30)17-24/h5-15,17,19H,4,16H2,1-3H3,(H,31,34). The van der Waals surface area contributed by atoms with Crippen molar-refractivity contribution in [2.45, 2.75) is 33.3 Å². The summed E-state index contributed by atoms with van der Waals surface area (Å²) in [7, 11) is 0. The maximum Gasteiger partial charge on any atom is 0.412 e. The van der Waals surface area contributed by atoms with E-state index in [2.05, 4.69) is 26.4 Å². The van der Waals surface area contributed by atoms with Gasteiger partial charge in [0.05, 0.1) is 13.0 Å². The van der Waals surface area contributed by atoms with Crippen LogP contribution in [0.15, 0.2) is 81.8 Å². The summed E-state index contributed by atoms with van der Waals surface area (Å²) in [6, 6.07) is 23.1. The van der Waals surface area contributed by atoms with Crippen LogP contribution in [0.2, 0.25) is 0 Å². The highest BCUT2D eigenvalue weighted by Crippen LogP contribution is 2.33. The van der Waals surface area contributed by atoms with Gasteiger partial charge in [0.15, 0.2) is 5.76 Å². The molecule has 0 bridgehead atoms. The molecule has 0 radical (unpaired) electrons. The third-order valence-electron chi connectivity index (χ3n) is 5.78. The first-order valence-electron chi connectivity index (χ1n) is 11.9. The van der Waals surface area contributed by atoms with Gasteiger partial charge in [-0.2, -0.15) is 0 Å². The molecule has 0 saturated carbocycles. The van der Waals surface area contributed by atoms with E-state index in [1.165, 1.54) is 0 Å². The molecule has 8 heteroatoms. The Labute approximate surface area is 223 Å². The zero-order chi connectivity index (χ0) is 26.4. The predicted molar refractivity (Wildman–Crippen MR) is 145 cm³/mol. The molecule has 0 aliphatic heterocycles. The molecule has 1 N–H and O–H groups in total. The van der Waals surface area contributed by atoms with Gasteiger partial charge in [-0.3, -0.25) is 10.1 Å². The molecule has 1 amide bonds. The van der Waals surface area contributed by atoms with Gasteiger partial charge in [-0.15, -0.1) is 0 Å². The lowest BCUT2D eigenvalue weighted by Gasteiger charge is -2.14. The smallest absolute Gasteiger partial charge is 0.412 e. The van der Waals surface area contributed by atoms with Gasteiger partial charge in [0.25, 0.3) is 0 Å². The fourth-order valence-corrected chi connectivity index (χ4v) is 4.26. The highest BCUT2D eigenvalue weighted by atomic mass is 79.9. The molecule has 1 atom stereocenters. The molecule has 0 spiro atoms. The number of esters is 1. The molecule has 4 rings (SSSR count). The van der Waals surface area contributed by atoms with Crippen molar-refractivity contribution < 1.29 is 23.6 Å². The average molecular weight is 563 g/mol. The summed E-state index contributed by atoms with van der Waals surface area (Å²) in [4.78, 5) is 24.3. The highest BCUT2D eigenvalue weighted by Gasteiger charge is 2.20. The molecule has 1 heterocycles. The first kappa shape index (κ1) is 26.2. The van der Waals surface area contributed by atoms with E-state index in [-0.39, 0.29) is 12.4 Å². The van der Waals surface area contributed by atoms with E-state index < -0.39 is 12.2 Å². The van der Waals surface area contributed by atoms with Gasteiger partial charge in [0, 0.05) is 10.0 Å². The Hall–Kier alpha value is -3.91. The molecule has 7 nitrogen and oxygen atoms in total. The molecule has 1 aromatic heterocycles. The lowest BCUT2D eigenvalue weighted by atomic mass is 10.0. The zero-order valence-electron chi connectivity index (χ0n) is 20.8. The molecule has 37 heavy (non-hydrogen) atoms. The largest absolute Gasteiger partial charge is 0.466 e. The van der Waals surface area contributed by atoms with Crippen LogP contribution < -0.4 is 5.32 Å². The normalized spacial score (nSPS) is 11.6. The van der Waals surface area contributed by atoms with Crippen LogP contribution in [0.25, 0.3) is 22.5 Å². The number of carbonyl (C=O) groups is 2. The predicted octanol–water partition coefficient (Wildman–Crippen LogP) is 7.49. The number of ether oxygens (including phenoxy) is 2. The maximum atomic E-state index is 12.6. The van der Waals surface area contributed by atoms with Crippen molar-refractivity contribution in [3.63, 3.8) is 0 Å². The van der Waals surface area contributed by atoms with Crippen LogP contribution in [0.1, 0.15) is 36.8 Å². The van der Waals surface area contributed by atoms with Crippen molar-refractivity contribution in [2.75, 3.05) is 11.9 Å². The fourth-order valence-electron chi connectivity index (χ4n) is 3.84. The Morgan fingerprint density at radius 3 is 2.30 bits per heavy atom. The molecule has 0 fully saturated rings. The molecular weight excluding hydrogens is 536 g/mol. The Balaban J connectivity index is 1.45. The summed E-state index contributed by atoms with van der Waals surface area (Å²) >= 11 is 3.43. The number of anilines is 1. The maximum absolute atomic E-state index is 12.6. The van der Waals surface area contributed by atoms with Crippen molar-refractivity contribution in [3.05, 3.63) is 94.1 Å². The molecule has 0 aliphatic rings. The Morgan fingerprint density at radius 1 is 1.00 bits per heavy atom. The minimum atomic E-state index is -0.598. The van der Waals surface area contributed by atoms with Crippen LogP contribution >= 0.6 is 15.9 Å². The van der Waals surface area contributed by atoms with Gasteiger partial charge in [-0.05, 0) is 55.2 Å². The number of hydrogen-bond acceptors (Lipinski definition) is 6. The van der Waals surface area contributed by atoms with E-state index in [1.54, 1.807) is 13.8 Å². The number of carbonyl (C=O) groups excluding carboxylic acids is 2. The van der Waals surface area contributed by atoms with Crippen LogP contribution in [-0.4, -0.2) is 23.8 Å². The summed E-state index contributed by atoms with van der Waals surface area (Å²) in [6.07, 6.45) is -0.790. The lowest BCUT2D eigenvalue weighted by Crippen LogP contribution is -2.16. The Kier molecular flexibility index (Phi) is 8.40. The third kappa shape index (κ3) is 6.65. The van der Waals surface area contributed by atoms with Gasteiger partial charge in [-0.25, -0.2) is 4.79 Å². The molecule has 4 aromatic rings. The number of aryl methyl sites for hydroxylation is 1. The van der Waals surface area contributed by atoms with Gasteiger partial charge >= 0.3 is 12.1 Å². The van der Waals surface area contributed by atoms with E-state index in [0.717, 1.165) is 32.3 Å². The molecule has 190 valence electrons. The quantitative estimate of drug-likeness (QED) is 0.223. The van der Waals surface area contributed by atoms with Crippen molar-refractivity contribution in [1.29, 1.82) is 0 Å². The van der Waals surface area contributed by atoms with E-state index >= 15 is 0 Å². The van der Waals surface area contributed by atoms with Crippen LogP contribution in [0, 0.1) is 6.92 Å². The molecule has 1 unspecified atom stereocenters. The number of halogens is 1. The number of benzene rings is 3. The monoisotopic (exact) mass is 562 g/mol. The van der Waals surface area contributed by atoms with Crippen LogP contribution in [0.4, 0.5) is 10.5 Å². The third-order valence-corrected chi connectivity index (χ3v) is 6.27. The van der Waals surface area contributed by atoms with Crippen molar-refractivity contribution >= 4 is 33.7 Å². The number of rotatable bonds is 8. The SMILES string of the molecule is CCOC(=O)Cc1ccc(-c2ccc(-c3onc(C)c3NC(=O)OC(C)c3cccc(Br)c3)cc2)cc1. The highest BCUT2D eigenvalue weighted by molar-refractivity contribution is 9.10. The van der Waals surface area contributed by atoms with Crippen LogP contribution in [-0.2, 0) is 20.7 Å². The number of hydrogen-bond donors (Lipinski definition) is 1.